The van der Waals surface area contributed by atoms with Crippen LogP contribution in [0.5, 0.6) is 0 Å². The summed E-state index contributed by atoms with van der Waals surface area (Å²) < 4.78 is 15.9. The van der Waals surface area contributed by atoms with Gasteiger partial charge in [-0.05, 0) is 67.8 Å². The number of likely N-dealkylation sites (N-methyl/N-ethyl adjacent to an activating group) is 1. The van der Waals surface area contributed by atoms with Crippen LogP contribution in [0.15, 0.2) is 42.5 Å². The molecular weight excluding hydrogens is 411 g/mol. The van der Waals surface area contributed by atoms with Crippen molar-refractivity contribution in [3.63, 3.8) is 0 Å². The van der Waals surface area contributed by atoms with Crippen LogP contribution in [-0.2, 0) is 18.6 Å². The van der Waals surface area contributed by atoms with Crippen LogP contribution in [0.2, 0.25) is 5.02 Å². The maximum absolute atomic E-state index is 13.6. The number of halogens is 2. The van der Waals surface area contributed by atoms with Crippen molar-refractivity contribution >= 4 is 22.5 Å². The van der Waals surface area contributed by atoms with Gasteiger partial charge in [-0.25, -0.2) is 4.39 Å². The Hall–Kier alpha value is -1.88. The lowest BCUT2D eigenvalue weighted by Crippen LogP contribution is -2.37. The van der Waals surface area contributed by atoms with Gasteiger partial charge >= 0.3 is 0 Å². The second-order valence-electron chi connectivity index (χ2n) is 9.37. The maximum Gasteiger partial charge on any atom is 0.123 e. The van der Waals surface area contributed by atoms with Crippen molar-refractivity contribution in [2.75, 3.05) is 7.05 Å². The zero-order valence-corrected chi connectivity index (χ0v) is 19.0. The lowest BCUT2D eigenvalue weighted by molar-refractivity contribution is 0.00750. The van der Waals surface area contributed by atoms with E-state index in [1.54, 1.807) is 12.1 Å². The summed E-state index contributed by atoms with van der Waals surface area (Å²) in [5, 5.41) is 13.9. The third-order valence-corrected chi connectivity index (χ3v) is 7.76. The molecule has 3 heterocycles. The molecule has 2 aromatic carbocycles. The van der Waals surface area contributed by atoms with Crippen molar-refractivity contribution < 1.29 is 9.50 Å². The van der Waals surface area contributed by atoms with Gasteiger partial charge in [-0.3, -0.25) is 4.90 Å². The number of unbranched alkanes of at least 4 members (excludes halogenated alkanes) is 1. The van der Waals surface area contributed by atoms with Gasteiger partial charge in [-0.2, -0.15) is 0 Å². The molecule has 2 aliphatic heterocycles. The number of fused-ring (bicyclic) bond motifs is 6. The predicted octanol–water partition coefficient (Wildman–Crippen LogP) is 6.20. The van der Waals surface area contributed by atoms with Crippen LogP contribution >= 0.6 is 11.6 Å². The standard InChI is InChI=1S/C26H30ClFN2O/c1-3-4-13-26(31,17-5-8-19(28)9-6-17)16-30-22-11-7-18(27)14-21(22)25-23-12-10-20(29(23)2)15-24(25)30/h5-9,11,14,20,23,31H,3-4,10,12-13,15-16H2,1-2H3. The monoisotopic (exact) mass is 440 g/mol. The fourth-order valence-electron chi connectivity index (χ4n) is 5.81. The van der Waals surface area contributed by atoms with Crippen molar-refractivity contribution in [1.29, 1.82) is 0 Å². The van der Waals surface area contributed by atoms with Crippen LogP contribution in [0, 0.1) is 5.82 Å². The van der Waals surface area contributed by atoms with Crippen LogP contribution in [0.1, 0.15) is 61.9 Å². The molecule has 5 rings (SSSR count). The number of aromatic nitrogens is 1. The van der Waals surface area contributed by atoms with Gasteiger partial charge in [0.15, 0.2) is 0 Å². The highest BCUT2D eigenvalue weighted by molar-refractivity contribution is 6.31. The first-order valence-electron chi connectivity index (χ1n) is 11.4. The molecule has 0 spiro atoms. The molecule has 0 amide bonds. The van der Waals surface area contributed by atoms with Crippen LogP contribution in [0.4, 0.5) is 4.39 Å². The molecule has 1 saturated heterocycles. The van der Waals surface area contributed by atoms with Crippen molar-refractivity contribution in [2.24, 2.45) is 0 Å². The van der Waals surface area contributed by atoms with Crippen molar-refractivity contribution in [1.82, 2.24) is 9.47 Å². The second kappa shape index (κ2) is 7.91. The summed E-state index contributed by atoms with van der Waals surface area (Å²) in [5.74, 6) is -0.278. The fourth-order valence-corrected chi connectivity index (χ4v) is 5.99. The summed E-state index contributed by atoms with van der Waals surface area (Å²) in [6.45, 7) is 2.60. The SMILES string of the molecule is CCCCC(O)(Cn1c2c(c3cc(Cl)ccc31)C1CCC(C2)N1C)c1ccc(F)cc1. The third-order valence-electron chi connectivity index (χ3n) is 7.52. The average molecular weight is 441 g/mol. The zero-order chi connectivity index (χ0) is 21.8. The number of nitrogens with zero attached hydrogens (tertiary/aromatic N) is 2. The number of aliphatic hydroxyl groups is 1. The lowest BCUT2D eigenvalue weighted by atomic mass is 9.88. The van der Waals surface area contributed by atoms with Crippen LogP contribution in [0.3, 0.4) is 0 Å². The summed E-state index contributed by atoms with van der Waals surface area (Å²) in [7, 11) is 2.23. The molecule has 0 radical (unpaired) electrons. The summed E-state index contributed by atoms with van der Waals surface area (Å²) in [6, 6.07) is 13.4. The smallest absolute Gasteiger partial charge is 0.123 e. The average Bonchev–Trinajstić information content (AvgIpc) is 3.16. The van der Waals surface area contributed by atoms with E-state index in [4.69, 9.17) is 11.6 Å². The molecule has 1 aromatic heterocycles. The zero-order valence-electron chi connectivity index (χ0n) is 18.2. The van der Waals surface area contributed by atoms with E-state index in [0.29, 0.717) is 25.0 Å². The van der Waals surface area contributed by atoms with E-state index in [-0.39, 0.29) is 5.82 Å². The minimum absolute atomic E-state index is 0.278. The van der Waals surface area contributed by atoms with Gasteiger partial charge in [-0.15, -0.1) is 0 Å². The Kier molecular flexibility index (Phi) is 5.36. The minimum atomic E-state index is -1.05. The Balaban J connectivity index is 1.66. The summed E-state index contributed by atoms with van der Waals surface area (Å²) in [6.07, 6.45) is 5.91. The summed E-state index contributed by atoms with van der Waals surface area (Å²) in [5.41, 5.74) is 3.58. The highest BCUT2D eigenvalue weighted by Crippen LogP contribution is 2.48. The molecule has 164 valence electrons. The normalized spacial score (nSPS) is 22.6. The van der Waals surface area contributed by atoms with Gasteiger partial charge in [0.1, 0.15) is 11.4 Å². The third kappa shape index (κ3) is 3.49. The first-order valence-corrected chi connectivity index (χ1v) is 11.8. The van der Waals surface area contributed by atoms with E-state index in [9.17, 15) is 9.50 Å². The summed E-state index contributed by atoms with van der Waals surface area (Å²) >= 11 is 6.41. The molecule has 1 N–H and O–H groups in total. The molecule has 31 heavy (non-hydrogen) atoms. The topological polar surface area (TPSA) is 28.4 Å². The molecule has 2 aliphatic rings. The molecule has 0 aliphatic carbocycles. The number of benzene rings is 2. The number of rotatable bonds is 6. The van der Waals surface area contributed by atoms with E-state index < -0.39 is 5.60 Å². The van der Waals surface area contributed by atoms with E-state index in [1.165, 1.54) is 35.2 Å². The Morgan fingerprint density at radius 2 is 1.94 bits per heavy atom. The van der Waals surface area contributed by atoms with E-state index >= 15 is 0 Å². The molecule has 3 nitrogen and oxygen atoms in total. The van der Waals surface area contributed by atoms with Crippen molar-refractivity contribution in [3.8, 4) is 0 Å². The molecular formula is C26H30ClFN2O. The first kappa shape index (κ1) is 21.0. The van der Waals surface area contributed by atoms with Gasteiger partial charge in [0, 0.05) is 40.1 Å². The molecule has 3 aromatic rings. The molecule has 1 fully saturated rings. The largest absolute Gasteiger partial charge is 0.383 e. The first-order chi connectivity index (χ1) is 14.9. The molecule has 5 heteroatoms. The van der Waals surface area contributed by atoms with Gasteiger partial charge in [-0.1, -0.05) is 43.5 Å². The number of hydrogen-bond acceptors (Lipinski definition) is 2. The predicted molar refractivity (Wildman–Crippen MR) is 124 cm³/mol. The molecule has 3 unspecified atom stereocenters. The Bertz CT molecular complexity index is 1110. The fraction of sp³-hybridized carbons (Fsp3) is 0.462. The highest BCUT2D eigenvalue weighted by Gasteiger charge is 2.42. The van der Waals surface area contributed by atoms with Crippen LogP contribution in [0.25, 0.3) is 10.9 Å². The van der Waals surface area contributed by atoms with Crippen LogP contribution < -0.4 is 0 Å². The van der Waals surface area contributed by atoms with E-state index in [1.807, 2.05) is 6.07 Å². The molecule has 0 saturated carbocycles. The molecule has 2 bridgehead atoms. The van der Waals surface area contributed by atoms with Gasteiger partial charge in [0.25, 0.3) is 0 Å². The highest BCUT2D eigenvalue weighted by atomic mass is 35.5. The van der Waals surface area contributed by atoms with Gasteiger partial charge in [0.2, 0.25) is 0 Å². The minimum Gasteiger partial charge on any atom is -0.383 e. The quantitative estimate of drug-likeness (QED) is 0.494. The van der Waals surface area contributed by atoms with E-state index in [2.05, 4.69) is 35.6 Å². The lowest BCUT2D eigenvalue weighted by Gasteiger charge is -2.34. The second-order valence-corrected chi connectivity index (χ2v) is 9.80. The van der Waals surface area contributed by atoms with Gasteiger partial charge < -0.3 is 9.67 Å². The Labute approximate surface area is 188 Å². The number of hydrogen-bond donors (Lipinski definition) is 1. The maximum atomic E-state index is 13.6. The molecule has 3 atom stereocenters. The van der Waals surface area contributed by atoms with Gasteiger partial charge in [0.05, 0.1) is 6.54 Å². The Morgan fingerprint density at radius 3 is 2.68 bits per heavy atom. The summed E-state index contributed by atoms with van der Waals surface area (Å²) in [4.78, 5) is 2.51. The van der Waals surface area contributed by atoms with E-state index in [0.717, 1.165) is 41.8 Å². The Morgan fingerprint density at radius 1 is 1.16 bits per heavy atom. The van der Waals surface area contributed by atoms with Crippen molar-refractivity contribution in [2.45, 2.75) is 69.7 Å². The van der Waals surface area contributed by atoms with Crippen LogP contribution in [-0.4, -0.2) is 27.7 Å². The van der Waals surface area contributed by atoms with Crippen molar-refractivity contribution in [3.05, 3.63) is 70.1 Å².